The van der Waals surface area contributed by atoms with Crippen LogP contribution in [0.1, 0.15) is 70.6 Å². The van der Waals surface area contributed by atoms with Crippen molar-refractivity contribution < 1.29 is 9.59 Å². The van der Waals surface area contributed by atoms with Crippen LogP contribution in [-0.4, -0.2) is 42.5 Å². The molecule has 1 atom stereocenters. The molecule has 1 aliphatic heterocycles. The Labute approximate surface area is 139 Å². The highest BCUT2D eigenvalue weighted by Crippen LogP contribution is 2.56. The lowest BCUT2D eigenvalue weighted by Gasteiger charge is -2.22. The summed E-state index contributed by atoms with van der Waals surface area (Å²) in [5, 5.41) is 5.97. The number of rotatable bonds is 4. The molecule has 0 bridgehead atoms. The maximum Gasteiger partial charge on any atom is 0.315 e. The molecule has 1 saturated heterocycles. The van der Waals surface area contributed by atoms with Crippen LogP contribution in [0.4, 0.5) is 4.79 Å². The summed E-state index contributed by atoms with van der Waals surface area (Å²) < 4.78 is 0. The molecule has 1 spiro atoms. The first-order valence-corrected chi connectivity index (χ1v) is 9.52. The number of nitrogens with zero attached hydrogens (tertiary/aromatic N) is 1. The largest absolute Gasteiger partial charge is 0.343 e. The molecule has 1 heterocycles. The van der Waals surface area contributed by atoms with Crippen molar-refractivity contribution in [3.05, 3.63) is 0 Å². The van der Waals surface area contributed by atoms with Crippen LogP contribution in [0, 0.1) is 5.41 Å². The van der Waals surface area contributed by atoms with Crippen molar-refractivity contribution >= 4 is 11.9 Å². The van der Waals surface area contributed by atoms with Gasteiger partial charge in [0.15, 0.2) is 0 Å². The first-order valence-electron chi connectivity index (χ1n) is 9.52. The van der Waals surface area contributed by atoms with Gasteiger partial charge in [-0.25, -0.2) is 4.79 Å². The van der Waals surface area contributed by atoms with Gasteiger partial charge in [0.1, 0.15) is 0 Å². The molecule has 0 aromatic heterocycles. The van der Waals surface area contributed by atoms with Crippen LogP contribution in [-0.2, 0) is 4.79 Å². The summed E-state index contributed by atoms with van der Waals surface area (Å²) in [5.41, 5.74) is 0.414. The van der Waals surface area contributed by atoms with Gasteiger partial charge in [0.25, 0.3) is 0 Å². The van der Waals surface area contributed by atoms with Crippen molar-refractivity contribution in [3.8, 4) is 0 Å². The van der Waals surface area contributed by atoms with Crippen LogP contribution in [0.2, 0.25) is 0 Å². The Bertz CT molecular complexity index is 424. The van der Waals surface area contributed by atoms with Gasteiger partial charge in [-0.2, -0.15) is 0 Å². The molecular formula is C18H31N3O2. The smallest absolute Gasteiger partial charge is 0.315 e. The van der Waals surface area contributed by atoms with Crippen LogP contribution in [0.3, 0.4) is 0 Å². The van der Waals surface area contributed by atoms with Gasteiger partial charge in [-0.15, -0.1) is 0 Å². The van der Waals surface area contributed by atoms with Crippen molar-refractivity contribution in [2.24, 2.45) is 5.41 Å². The van der Waals surface area contributed by atoms with Crippen molar-refractivity contribution in [3.63, 3.8) is 0 Å². The molecule has 23 heavy (non-hydrogen) atoms. The van der Waals surface area contributed by atoms with Crippen molar-refractivity contribution in [2.45, 2.75) is 76.7 Å². The zero-order valence-corrected chi connectivity index (χ0v) is 14.2. The highest BCUT2D eigenvalue weighted by atomic mass is 16.2. The fourth-order valence-corrected chi connectivity index (χ4v) is 4.33. The van der Waals surface area contributed by atoms with E-state index in [1.54, 1.807) is 0 Å². The zero-order chi connectivity index (χ0) is 16.1. The summed E-state index contributed by atoms with van der Waals surface area (Å²) >= 11 is 0. The normalized spacial score (nSPS) is 26.4. The molecule has 0 aromatic carbocycles. The van der Waals surface area contributed by atoms with Gasteiger partial charge in [0.2, 0.25) is 5.91 Å². The molecule has 0 aromatic rings. The van der Waals surface area contributed by atoms with Crippen LogP contribution in [0.5, 0.6) is 0 Å². The Morgan fingerprint density at radius 2 is 1.61 bits per heavy atom. The van der Waals surface area contributed by atoms with E-state index in [4.69, 9.17) is 0 Å². The monoisotopic (exact) mass is 321 g/mol. The summed E-state index contributed by atoms with van der Waals surface area (Å²) in [7, 11) is 0. The summed E-state index contributed by atoms with van der Waals surface area (Å²) in [4.78, 5) is 26.1. The number of likely N-dealkylation sites (tertiary alicyclic amines) is 1. The van der Waals surface area contributed by atoms with Crippen molar-refractivity contribution in [1.82, 2.24) is 15.5 Å². The number of carbonyl (C=O) groups excluding carboxylic acids is 2. The van der Waals surface area contributed by atoms with E-state index in [1.165, 1.54) is 44.9 Å². The highest BCUT2D eigenvalue weighted by Gasteiger charge is 2.54. The molecule has 3 rings (SSSR count). The minimum atomic E-state index is -0.0962. The quantitative estimate of drug-likeness (QED) is 0.836. The average molecular weight is 321 g/mol. The summed E-state index contributed by atoms with van der Waals surface area (Å²) in [6.07, 6.45) is 12.8. The van der Waals surface area contributed by atoms with Crippen LogP contribution in [0.25, 0.3) is 0 Å². The van der Waals surface area contributed by atoms with Gasteiger partial charge in [-0.3, -0.25) is 4.79 Å². The van der Waals surface area contributed by atoms with E-state index in [0.717, 1.165) is 32.4 Å². The number of carbonyl (C=O) groups is 2. The average Bonchev–Trinajstić information content (AvgIpc) is 3.27. The standard InChI is InChI=1S/C18H31N3O2/c22-16(21-12-6-1-2-7-13-21)8-11-19-17(23)20-15-14-18(15)9-4-3-5-10-18/h15H,1-14H2,(H2,19,20,23). The van der Waals surface area contributed by atoms with E-state index >= 15 is 0 Å². The molecule has 2 N–H and O–H groups in total. The molecular weight excluding hydrogens is 290 g/mol. The molecule has 130 valence electrons. The Balaban J connectivity index is 1.31. The Hall–Kier alpha value is -1.26. The van der Waals surface area contributed by atoms with Crippen LogP contribution in [0.15, 0.2) is 0 Å². The molecule has 2 aliphatic carbocycles. The summed E-state index contributed by atoms with van der Waals surface area (Å²) in [6, 6.07) is 0.269. The third kappa shape index (κ3) is 4.39. The summed E-state index contributed by atoms with van der Waals surface area (Å²) in [5.74, 6) is 0.183. The number of amides is 3. The highest BCUT2D eigenvalue weighted by molar-refractivity contribution is 5.78. The van der Waals surface area contributed by atoms with E-state index < -0.39 is 0 Å². The topological polar surface area (TPSA) is 61.4 Å². The molecule has 3 aliphatic rings. The Morgan fingerprint density at radius 1 is 0.957 bits per heavy atom. The lowest BCUT2D eigenvalue weighted by Crippen LogP contribution is -2.41. The molecule has 1 unspecified atom stereocenters. The fourth-order valence-electron chi connectivity index (χ4n) is 4.33. The second kappa shape index (κ2) is 7.54. The predicted molar refractivity (Wildman–Crippen MR) is 90.1 cm³/mol. The van der Waals surface area contributed by atoms with Gasteiger partial charge >= 0.3 is 6.03 Å². The fraction of sp³-hybridized carbons (Fsp3) is 0.889. The maximum atomic E-state index is 12.2. The van der Waals surface area contributed by atoms with Gasteiger partial charge < -0.3 is 15.5 Å². The van der Waals surface area contributed by atoms with Gasteiger partial charge in [0, 0.05) is 32.1 Å². The molecule has 3 fully saturated rings. The van der Waals surface area contributed by atoms with E-state index in [0.29, 0.717) is 24.4 Å². The number of nitrogens with one attached hydrogen (secondary N) is 2. The molecule has 5 nitrogen and oxygen atoms in total. The molecule has 3 amide bonds. The van der Waals surface area contributed by atoms with Gasteiger partial charge in [0.05, 0.1) is 0 Å². The molecule has 5 heteroatoms. The second-order valence-corrected chi connectivity index (χ2v) is 7.62. The SMILES string of the molecule is O=C(NCCC(=O)N1CCCCCC1)NC1CC12CCCCC2. The number of hydrogen-bond acceptors (Lipinski definition) is 2. The third-order valence-electron chi connectivity index (χ3n) is 5.93. The Kier molecular flexibility index (Phi) is 5.44. The van der Waals surface area contributed by atoms with Crippen molar-refractivity contribution in [1.29, 1.82) is 0 Å². The van der Waals surface area contributed by atoms with Crippen LogP contribution >= 0.6 is 0 Å². The Morgan fingerprint density at radius 3 is 2.30 bits per heavy atom. The maximum absolute atomic E-state index is 12.2. The van der Waals surface area contributed by atoms with Gasteiger partial charge in [-0.1, -0.05) is 32.1 Å². The third-order valence-corrected chi connectivity index (χ3v) is 5.93. The second-order valence-electron chi connectivity index (χ2n) is 7.62. The molecule has 2 saturated carbocycles. The van der Waals surface area contributed by atoms with Crippen molar-refractivity contribution in [2.75, 3.05) is 19.6 Å². The van der Waals surface area contributed by atoms with E-state index in [9.17, 15) is 9.59 Å². The van der Waals surface area contributed by atoms with Crippen LogP contribution < -0.4 is 10.6 Å². The first-order chi connectivity index (χ1) is 11.2. The first kappa shape index (κ1) is 16.6. The minimum Gasteiger partial charge on any atom is -0.343 e. The number of urea groups is 1. The number of hydrogen-bond donors (Lipinski definition) is 2. The van der Waals surface area contributed by atoms with Gasteiger partial charge in [-0.05, 0) is 37.5 Å². The summed E-state index contributed by atoms with van der Waals surface area (Å²) in [6.45, 7) is 2.21. The lowest BCUT2D eigenvalue weighted by molar-refractivity contribution is -0.131. The minimum absolute atomic E-state index is 0.0962. The van der Waals surface area contributed by atoms with E-state index in [-0.39, 0.29) is 11.9 Å². The van der Waals surface area contributed by atoms with E-state index in [1.807, 2.05) is 4.90 Å². The lowest BCUT2D eigenvalue weighted by atomic mass is 9.86. The molecule has 0 radical (unpaired) electrons. The predicted octanol–water partition coefficient (Wildman–Crippen LogP) is 2.80. The zero-order valence-electron chi connectivity index (χ0n) is 14.2. The van der Waals surface area contributed by atoms with E-state index in [2.05, 4.69) is 10.6 Å².